The summed E-state index contributed by atoms with van der Waals surface area (Å²) >= 11 is 3.17. The van der Waals surface area contributed by atoms with Gasteiger partial charge in [-0.3, -0.25) is 4.79 Å². The molecule has 6 nitrogen and oxygen atoms in total. The predicted molar refractivity (Wildman–Crippen MR) is 103 cm³/mol. The van der Waals surface area contributed by atoms with Crippen LogP contribution in [0, 0.1) is 0 Å². The monoisotopic (exact) mass is 416 g/mol. The molecule has 2 N–H and O–H groups in total. The molecule has 0 unspecified atom stereocenters. The molecular weight excluding hydrogens is 400 g/mol. The smallest absolute Gasteiger partial charge is 0.362 e. The largest absolute Gasteiger partial charge is 0.444 e. The van der Waals surface area contributed by atoms with Crippen LogP contribution in [0.4, 0.5) is 11.4 Å². The minimum Gasteiger partial charge on any atom is -0.444 e. The molecule has 0 bridgehead atoms. The van der Waals surface area contributed by atoms with Gasteiger partial charge in [-0.1, -0.05) is 25.0 Å². The van der Waals surface area contributed by atoms with E-state index in [1.54, 1.807) is 12.1 Å². The molecule has 0 spiro atoms. The Bertz CT molecular complexity index is 1020. The van der Waals surface area contributed by atoms with Gasteiger partial charge in [0.1, 0.15) is 5.58 Å². The van der Waals surface area contributed by atoms with Crippen LogP contribution in [0.1, 0.15) is 36.2 Å². The maximum Gasteiger partial charge on any atom is 0.362 e. The van der Waals surface area contributed by atoms with Gasteiger partial charge in [0, 0.05) is 11.4 Å². The first-order chi connectivity index (χ1) is 12.6. The van der Waals surface area contributed by atoms with E-state index >= 15 is 0 Å². The van der Waals surface area contributed by atoms with Crippen molar-refractivity contribution in [3.63, 3.8) is 0 Å². The average molecular weight is 417 g/mol. The van der Waals surface area contributed by atoms with Gasteiger partial charge in [0.15, 0.2) is 16.1 Å². The third kappa shape index (κ3) is 3.26. The number of hydrogen-bond donors (Lipinski definition) is 2. The lowest BCUT2D eigenvalue weighted by atomic mass is 10.1. The van der Waals surface area contributed by atoms with Crippen molar-refractivity contribution in [2.45, 2.75) is 31.7 Å². The number of nitrogens with one attached hydrogen (secondary N) is 2. The fraction of sp³-hybridized carbons (Fsp3) is 0.263. The maximum atomic E-state index is 12.5. The maximum absolute atomic E-state index is 12.5. The molecule has 1 amide bonds. The molecule has 0 atom stereocenters. The zero-order chi connectivity index (χ0) is 18.1. The van der Waals surface area contributed by atoms with Crippen molar-refractivity contribution < 1.29 is 13.6 Å². The molecule has 1 aromatic carbocycles. The molecule has 134 valence electrons. The van der Waals surface area contributed by atoms with Crippen LogP contribution < -0.4 is 16.3 Å². The first-order valence-corrected chi connectivity index (χ1v) is 9.30. The van der Waals surface area contributed by atoms with Crippen molar-refractivity contribution in [2.24, 2.45) is 0 Å². The highest BCUT2D eigenvalue weighted by Crippen LogP contribution is 2.32. The van der Waals surface area contributed by atoms with E-state index in [2.05, 4.69) is 26.6 Å². The molecule has 26 heavy (non-hydrogen) atoms. The Morgan fingerprint density at radius 3 is 2.54 bits per heavy atom. The van der Waals surface area contributed by atoms with Crippen LogP contribution in [0.2, 0.25) is 0 Å². The number of fused-ring (bicyclic) bond motifs is 1. The Hall–Kier alpha value is -2.54. The molecule has 2 heterocycles. The third-order valence-electron chi connectivity index (χ3n) is 4.55. The van der Waals surface area contributed by atoms with Gasteiger partial charge in [0.2, 0.25) is 0 Å². The van der Waals surface area contributed by atoms with Crippen molar-refractivity contribution in [1.82, 2.24) is 0 Å². The quantitative estimate of drug-likeness (QED) is 0.599. The molecule has 1 aliphatic carbocycles. The summed E-state index contributed by atoms with van der Waals surface area (Å²) in [7, 11) is 0. The number of hydrogen-bond acceptors (Lipinski definition) is 5. The number of benzene rings is 1. The van der Waals surface area contributed by atoms with E-state index in [1.165, 1.54) is 6.07 Å². The SMILES string of the molecule is O=C(Nc1c(NC2CCCC2)c2ccccc2oc1=O)c1ccc(Br)o1. The zero-order valence-corrected chi connectivity index (χ0v) is 15.5. The number of halogens is 1. The van der Waals surface area contributed by atoms with E-state index in [0.717, 1.165) is 31.1 Å². The fourth-order valence-electron chi connectivity index (χ4n) is 3.30. The summed E-state index contributed by atoms with van der Waals surface area (Å²) in [5, 5.41) is 6.85. The second-order valence-electron chi connectivity index (χ2n) is 6.32. The highest BCUT2D eigenvalue weighted by Gasteiger charge is 2.23. The predicted octanol–water partition coefficient (Wildman–Crippen LogP) is 4.76. The van der Waals surface area contributed by atoms with Gasteiger partial charge in [-0.2, -0.15) is 0 Å². The minimum atomic E-state index is -0.594. The number of carbonyl (C=O) groups excluding carboxylic acids is 1. The minimum absolute atomic E-state index is 0.105. The van der Waals surface area contributed by atoms with Crippen molar-refractivity contribution in [3.05, 3.63) is 57.2 Å². The highest BCUT2D eigenvalue weighted by atomic mass is 79.9. The number of para-hydroxylation sites is 1. The summed E-state index contributed by atoms with van der Waals surface area (Å²) in [5.74, 6) is -0.399. The Morgan fingerprint density at radius 1 is 1.04 bits per heavy atom. The lowest BCUT2D eigenvalue weighted by Gasteiger charge is -2.18. The molecule has 4 rings (SSSR count). The molecule has 2 aromatic heterocycles. The third-order valence-corrected chi connectivity index (χ3v) is 4.98. The molecule has 7 heteroatoms. The Labute approximate surface area is 157 Å². The summed E-state index contributed by atoms with van der Waals surface area (Å²) in [6.07, 6.45) is 4.37. The van der Waals surface area contributed by atoms with Gasteiger partial charge in [0.05, 0.1) is 5.69 Å². The Kier molecular flexibility index (Phi) is 4.55. The first-order valence-electron chi connectivity index (χ1n) is 8.51. The summed E-state index contributed by atoms with van der Waals surface area (Å²) in [6.45, 7) is 0. The number of furan rings is 1. The molecule has 3 aromatic rings. The van der Waals surface area contributed by atoms with E-state index in [-0.39, 0.29) is 17.5 Å². The van der Waals surface area contributed by atoms with Gasteiger partial charge in [-0.05, 0) is 53.0 Å². The average Bonchev–Trinajstić information content (AvgIpc) is 3.29. The van der Waals surface area contributed by atoms with Gasteiger partial charge in [-0.15, -0.1) is 0 Å². The first kappa shape index (κ1) is 16.9. The molecule has 1 aliphatic rings. The Balaban J connectivity index is 1.77. The van der Waals surface area contributed by atoms with Gasteiger partial charge >= 0.3 is 5.63 Å². The number of anilines is 2. The molecule has 1 saturated carbocycles. The zero-order valence-electron chi connectivity index (χ0n) is 13.9. The van der Waals surface area contributed by atoms with Crippen LogP contribution in [0.15, 0.2) is 54.7 Å². The summed E-state index contributed by atoms with van der Waals surface area (Å²) in [6, 6.07) is 10.7. The lowest BCUT2D eigenvalue weighted by molar-refractivity contribution is 0.0995. The standard InChI is InChI=1S/C19H17BrN2O4/c20-15-10-9-14(25-15)18(23)22-17-16(21-11-5-1-2-6-11)12-7-3-4-8-13(12)26-19(17)24/h3-4,7-11,21H,1-2,5-6H2,(H,22,23). The van der Waals surface area contributed by atoms with Crippen molar-refractivity contribution in [1.29, 1.82) is 0 Å². The van der Waals surface area contributed by atoms with Crippen LogP contribution in [-0.4, -0.2) is 11.9 Å². The van der Waals surface area contributed by atoms with E-state index in [1.807, 2.05) is 18.2 Å². The van der Waals surface area contributed by atoms with Crippen LogP contribution in [0.5, 0.6) is 0 Å². The van der Waals surface area contributed by atoms with Gasteiger partial charge in [0.25, 0.3) is 5.91 Å². The second-order valence-corrected chi connectivity index (χ2v) is 7.10. The lowest BCUT2D eigenvalue weighted by Crippen LogP contribution is -2.23. The number of carbonyl (C=O) groups is 1. The van der Waals surface area contributed by atoms with Crippen molar-refractivity contribution in [3.8, 4) is 0 Å². The molecule has 0 radical (unpaired) electrons. The van der Waals surface area contributed by atoms with Crippen molar-refractivity contribution in [2.75, 3.05) is 10.6 Å². The summed E-state index contributed by atoms with van der Waals surface area (Å²) in [4.78, 5) is 25.0. The molecule has 0 saturated heterocycles. The van der Waals surface area contributed by atoms with Gasteiger partial charge in [-0.25, -0.2) is 4.79 Å². The highest BCUT2D eigenvalue weighted by molar-refractivity contribution is 9.10. The van der Waals surface area contributed by atoms with Crippen LogP contribution in [0.25, 0.3) is 11.0 Å². The summed E-state index contributed by atoms with van der Waals surface area (Å²) < 4.78 is 11.1. The van der Waals surface area contributed by atoms with Gasteiger partial charge < -0.3 is 19.5 Å². The normalized spacial score (nSPS) is 14.7. The molecular formula is C19H17BrN2O4. The number of amides is 1. The molecule has 1 fully saturated rings. The number of rotatable bonds is 4. The van der Waals surface area contributed by atoms with E-state index in [4.69, 9.17) is 8.83 Å². The second kappa shape index (κ2) is 6.99. The van der Waals surface area contributed by atoms with E-state index < -0.39 is 11.5 Å². The van der Waals surface area contributed by atoms with Crippen LogP contribution in [0.3, 0.4) is 0 Å². The van der Waals surface area contributed by atoms with E-state index in [0.29, 0.717) is 15.9 Å². The van der Waals surface area contributed by atoms with Crippen molar-refractivity contribution >= 4 is 44.2 Å². The fourth-order valence-corrected chi connectivity index (χ4v) is 3.61. The van der Waals surface area contributed by atoms with Crippen LogP contribution >= 0.6 is 15.9 Å². The molecule has 0 aliphatic heterocycles. The Morgan fingerprint density at radius 2 is 1.81 bits per heavy atom. The summed E-state index contributed by atoms with van der Waals surface area (Å²) in [5.41, 5.74) is 0.593. The van der Waals surface area contributed by atoms with Crippen LogP contribution in [-0.2, 0) is 0 Å². The topological polar surface area (TPSA) is 84.5 Å². The van der Waals surface area contributed by atoms with E-state index in [9.17, 15) is 9.59 Å².